The first-order valence-electron chi connectivity index (χ1n) is 7.90. The van der Waals surface area contributed by atoms with E-state index in [4.69, 9.17) is 5.26 Å². The Balaban J connectivity index is 2.34. The molecule has 138 valence electrons. The Kier molecular flexibility index (Phi) is 5.87. The highest BCUT2D eigenvalue weighted by molar-refractivity contribution is 5.69. The first-order chi connectivity index (χ1) is 12.2. The summed E-state index contributed by atoms with van der Waals surface area (Å²) in [5.41, 5.74) is 1.25. The Morgan fingerprint density at radius 3 is 2.54 bits per heavy atom. The number of aromatic nitrogens is 2. The van der Waals surface area contributed by atoms with Crippen LogP contribution in [0.4, 0.5) is 36.3 Å². The summed E-state index contributed by atoms with van der Waals surface area (Å²) >= 11 is 0. The van der Waals surface area contributed by atoms with Crippen molar-refractivity contribution in [3.63, 3.8) is 0 Å². The molecule has 2 rings (SSSR count). The molecule has 0 saturated heterocycles. The molecule has 0 atom stereocenters. The zero-order chi connectivity index (χ0) is 19.3. The first-order valence-corrected chi connectivity index (χ1v) is 7.90. The molecule has 26 heavy (non-hydrogen) atoms. The topological polar surface area (TPSA) is 85.7 Å². The van der Waals surface area contributed by atoms with Crippen LogP contribution in [-0.4, -0.2) is 22.6 Å². The molecule has 1 aromatic heterocycles. The van der Waals surface area contributed by atoms with Crippen molar-refractivity contribution < 1.29 is 13.2 Å². The van der Waals surface area contributed by atoms with Crippen molar-refractivity contribution in [1.29, 1.82) is 5.26 Å². The number of halogens is 3. The van der Waals surface area contributed by atoms with Gasteiger partial charge in [0.25, 0.3) is 0 Å². The summed E-state index contributed by atoms with van der Waals surface area (Å²) in [4.78, 5) is 7.77. The van der Waals surface area contributed by atoms with E-state index < -0.39 is 11.7 Å². The first kappa shape index (κ1) is 19.3. The van der Waals surface area contributed by atoms with E-state index in [1.54, 1.807) is 32.0 Å². The van der Waals surface area contributed by atoms with E-state index in [1.807, 2.05) is 13.0 Å². The normalized spacial score (nSPS) is 11.2. The monoisotopic (exact) mass is 364 g/mol. The number of anilines is 4. The molecule has 1 heterocycles. The van der Waals surface area contributed by atoms with Crippen LogP contribution in [0.25, 0.3) is 0 Å². The summed E-state index contributed by atoms with van der Waals surface area (Å²) in [6, 6.07) is 7.08. The van der Waals surface area contributed by atoms with Crippen molar-refractivity contribution in [3.05, 3.63) is 35.5 Å². The van der Waals surface area contributed by atoms with Crippen molar-refractivity contribution in [2.24, 2.45) is 0 Å². The standard InChI is InChI=1S/C17H19F3N6/c1-10(2)24-15-12(17(18,19)20)9-23-16(26-15)25-14-6-4-5-13(11(14)3)22-8-7-21/h4-6,9-10,22H,8H2,1-3H3,(H2,23,24,25,26). The van der Waals surface area contributed by atoms with Crippen molar-refractivity contribution >= 4 is 23.1 Å². The van der Waals surface area contributed by atoms with E-state index in [0.29, 0.717) is 5.69 Å². The van der Waals surface area contributed by atoms with Gasteiger partial charge in [-0.25, -0.2) is 4.98 Å². The average Bonchev–Trinajstić information content (AvgIpc) is 2.54. The lowest BCUT2D eigenvalue weighted by atomic mass is 10.1. The molecule has 9 heteroatoms. The molecule has 6 nitrogen and oxygen atoms in total. The number of hydrogen-bond acceptors (Lipinski definition) is 6. The number of hydrogen-bond donors (Lipinski definition) is 3. The molecule has 0 aliphatic heterocycles. The fourth-order valence-electron chi connectivity index (χ4n) is 2.25. The van der Waals surface area contributed by atoms with Crippen LogP contribution in [0, 0.1) is 18.3 Å². The van der Waals surface area contributed by atoms with Gasteiger partial charge < -0.3 is 16.0 Å². The van der Waals surface area contributed by atoms with Crippen LogP contribution in [0.1, 0.15) is 25.0 Å². The second kappa shape index (κ2) is 7.91. The molecule has 0 spiro atoms. The lowest BCUT2D eigenvalue weighted by Crippen LogP contribution is -2.18. The van der Waals surface area contributed by atoms with Crippen LogP contribution < -0.4 is 16.0 Å². The minimum atomic E-state index is -4.55. The minimum Gasteiger partial charge on any atom is -0.372 e. The quantitative estimate of drug-likeness (QED) is 0.663. The van der Waals surface area contributed by atoms with E-state index in [-0.39, 0.29) is 24.4 Å². The van der Waals surface area contributed by atoms with Gasteiger partial charge in [0.15, 0.2) is 0 Å². The van der Waals surface area contributed by atoms with Crippen LogP contribution in [0.5, 0.6) is 0 Å². The van der Waals surface area contributed by atoms with Gasteiger partial charge in [-0.3, -0.25) is 0 Å². The van der Waals surface area contributed by atoms with Gasteiger partial charge in [0.2, 0.25) is 5.95 Å². The highest BCUT2D eigenvalue weighted by Gasteiger charge is 2.35. The van der Waals surface area contributed by atoms with Crippen molar-refractivity contribution in [1.82, 2.24) is 9.97 Å². The van der Waals surface area contributed by atoms with Crippen molar-refractivity contribution in [2.45, 2.75) is 33.0 Å². The summed E-state index contributed by atoms with van der Waals surface area (Å²) in [5.74, 6) is -0.233. The van der Waals surface area contributed by atoms with Gasteiger partial charge in [-0.05, 0) is 38.5 Å². The Morgan fingerprint density at radius 1 is 1.23 bits per heavy atom. The van der Waals surface area contributed by atoms with Crippen LogP contribution >= 0.6 is 0 Å². The van der Waals surface area contributed by atoms with Gasteiger partial charge in [-0.15, -0.1) is 0 Å². The predicted octanol–water partition coefficient (Wildman–Crippen LogP) is 4.30. The highest BCUT2D eigenvalue weighted by Crippen LogP contribution is 2.34. The second-order valence-electron chi connectivity index (χ2n) is 5.87. The Bertz CT molecular complexity index is 811. The van der Waals surface area contributed by atoms with E-state index >= 15 is 0 Å². The Morgan fingerprint density at radius 2 is 1.92 bits per heavy atom. The molecule has 0 saturated carbocycles. The number of alkyl halides is 3. The maximum Gasteiger partial charge on any atom is 0.421 e. The van der Waals surface area contributed by atoms with Crippen molar-refractivity contribution in [3.8, 4) is 6.07 Å². The molecule has 1 aromatic carbocycles. The lowest BCUT2D eigenvalue weighted by molar-refractivity contribution is -0.137. The maximum absolute atomic E-state index is 13.1. The molecular formula is C17H19F3N6. The summed E-state index contributed by atoms with van der Waals surface area (Å²) in [6.07, 6.45) is -3.79. The molecule has 0 aliphatic carbocycles. The zero-order valence-corrected chi connectivity index (χ0v) is 14.6. The van der Waals surface area contributed by atoms with E-state index in [1.165, 1.54) is 0 Å². The Hall–Kier alpha value is -3.02. The van der Waals surface area contributed by atoms with Crippen LogP contribution in [0.2, 0.25) is 0 Å². The maximum atomic E-state index is 13.1. The Labute approximate surface area is 149 Å². The van der Waals surface area contributed by atoms with Gasteiger partial charge >= 0.3 is 6.18 Å². The molecule has 0 radical (unpaired) electrons. The largest absolute Gasteiger partial charge is 0.421 e. The van der Waals surface area contributed by atoms with Crippen molar-refractivity contribution in [2.75, 3.05) is 22.5 Å². The fraction of sp³-hybridized carbons (Fsp3) is 0.353. The molecule has 0 bridgehead atoms. The smallest absolute Gasteiger partial charge is 0.372 e. The predicted molar refractivity (Wildman–Crippen MR) is 94.4 cm³/mol. The SMILES string of the molecule is Cc1c(NCC#N)cccc1Nc1ncc(C(F)(F)F)c(NC(C)C)n1. The number of nitrogens with zero attached hydrogens (tertiary/aromatic N) is 3. The minimum absolute atomic E-state index is 0.0432. The van der Waals surface area contributed by atoms with E-state index in [9.17, 15) is 13.2 Å². The molecule has 3 N–H and O–H groups in total. The lowest BCUT2D eigenvalue weighted by Gasteiger charge is -2.17. The summed E-state index contributed by atoms with van der Waals surface area (Å²) < 4.78 is 39.4. The summed E-state index contributed by atoms with van der Waals surface area (Å²) in [6.45, 7) is 5.41. The third-order valence-electron chi connectivity index (χ3n) is 3.46. The molecule has 2 aromatic rings. The second-order valence-corrected chi connectivity index (χ2v) is 5.87. The molecule has 0 fully saturated rings. The van der Waals surface area contributed by atoms with E-state index in [2.05, 4.69) is 25.9 Å². The fourth-order valence-corrected chi connectivity index (χ4v) is 2.25. The van der Waals surface area contributed by atoms with Gasteiger partial charge in [0, 0.05) is 23.6 Å². The molecule has 0 aliphatic rings. The summed E-state index contributed by atoms with van der Waals surface area (Å²) in [5, 5.41) is 17.3. The van der Waals surface area contributed by atoms with Gasteiger partial charge in [0.05, 0.1) is 6.07 Å². The average molecular weight is 364 g/mol. The number of nitrogens with one attached hydrogen (secondary N) is 3. The van der Waals surface area contributed by atoms with Crippen LogP contribution in [0.3, 0.4) is 0 Å². The third-order valence-corrected chi connectivity index (χ3v) is 3.46. The van der Waals surface area contributed by atoms with E-state index in [0.717, 1.165) is 17.4 Å². The van der Waals surface area contributed by atoms with Crippen LogP contribution in [0.15, 0.2) is 24.4 Å². The molecule has 0 amide bonds. The third kappa shape index (κ3) is 4.75. The zero-order valence-electron chi connectivity index (χ0n) is 14.6. The number of benzene rings is 1. The van der Waals surface area contributed by atoms with Gasteiger partial charge in [-0.2, -0.15) is 23.4 Å². The van der Waals surface area contributed by atoms with Crippen LogP contribution in [-0.2, 0) is 6.18 Å². The highest BCUT2D eigenvalue weighted by atomic mass is 19.4. The molecule has 0 unspecified atom stereocenters. The summed E-state index contributed by atoms with van der Waals surface area (Å²) in [7, 11) is 0. The number of nitriles is 1. The molecular weight excluding hydrogens is 345 g/mol. The van der Waals surface area contributed by atoms with Gasteiger partial charge in [-0.1, -0.05) is 6.07 Å². The van der Waals surface area contributed by atoms with Gasteiger partial charge in [0.1, 0.15) is 17.9 Å². The number of rotatable bonds is 6.